The highest BCUT2D eigenvalue weighted by atomic mass is 32.1. The zero-order chi connectivity index (χ0) is 21.1. The molecule has 2 aromatic rings. The molecule has 2 amide bonds. The van der Waals surface area contributed by atoms with Gasteiger partial charge in [-0.05, 0) is 57.2 Å². The van der Waals surface area contributed by atoms with E-state index in [1.54, 1.807) is 16.2 Å². The number of aryl methyl sites for hydroxylation is 1. The Morgan fingerprint density at radius 3 is 2.80 bits per heavy atom. The van der Waals surface area contributed by atoms with E-state index >= 15 is 0 Å². The van der Waals surface area contributed by atoms with Crippen molar-refractivity contribution in [3.63, 3.8) is 0 Å². The second-order valence-electron chi connectivity index (χ2n) is 8.22. The fraction of sp³-hybridized carbons (Fsp3) is 0.591. The third kappa shape index (κ3) is 4.69. The van der Waals surface area contributed by atoms with Crippen LogP contribution in [0.1, 0.15) is 38.2 Å². The number of likely N-dealkylation sites (tertiary alicyclic amines) is 1. The number of nitrogens with zero attached hydrogens (tertiary/aromatic N) is 3. The van der Waals surface area contributed by atoms with Crippen LogP contribution in [0.4, 0.5) is 9.93 Å². The molecule has 0 aliphatic carbocycles. The molecule has 1 aromatic carbocycles. The van der Waals surface area contributed by atoms with Gasteiger partial charge in [0.2, 0.25) is 5.91 Å². The number of hydrogen-bond donors (Lipinski definition) is 1. The molecule has 1 N–H and O–H groups in total. The highest BCUT2D eigenvalue weighted by molar-refractivity contribution is 7.22. The largest absolute Gasteiger partial charge is 0.450 e. The second-order valence-corrected chi connectivity index (χ2v) is 9.23. The van der Waals surface area contributed by atoms with Crippen LogP contribution >= 0.6 is 11.3 Å². The monoisotopic (exact) mass is 430 g/mol. The maximum Gasteiger partial charge on any atom is 0.409 e. The van der Waals surface area contributed by atoms with Gasteiger partial charge < -0.3 is 19.9 Å². The molecule has 162 valence electrons. The highest BCUT2D eigenvalue weighted by Gasteiger charge is 2.30. The maximum atomic E-state index is 12.9. The van der Waals surface area contributed by atoms with Crippen molar-refractivity contribution in [2.24, 2.45) is 5.92 Å². The summed E-state index contributed by atoms with van der Waals surface area (Å²) in [5, 5.41) is 4.23. The minimum atomic E-state index is -0.253. The van der Waals surface area contributed by atoms with Crippen LogP contribution in [0, 0.1) is 12.8 Å². The summed E-state index contributed by atoms with van der Waals surface area (Å²) in [7, 11) is 0. The average molecular weight is 431 g/mol. The van der Waals surface area contributed by atoms with Crippen LogP contribution in [-0.4, -0.2) is 60.7 Å². The Balaban J connectivity index is 1.32. The first-order chi connectivity index (χ1) is 14.5. The minimum absolute atomic E-state index is 0.0180. The molecule has 0 bridgehead atoms. The van der Waals surface area contributed by atoms with Crippen LogP contribution in [0.25, 0.3) is 10.2 Å². The fourth-order valence-electron chi connectivity index (χ4n) is 4.26. The second kappa shape index (κ2) is 9.20. The van der Waals surface area contributed by atoms with Crippen molar-refractivity contribution in [3.05, 3.63) is 23.8 Å². The number of carbonyl (C=O) groups is 2. The summed E-state index contributed by atoms with van der Waals surface area (Å²) in [5.74, 6) is 0.113. The lowest BCUT2D eigenvalue weighted by atomic mass is 9.96. The van der Waals surface area contributed by atoms with Crippen molar-refractivity contribution in [1.82, 2.24) is 15.2 Å². The number of amides is 2. The van der Waals surface area contributed by atoms with E-state index in [-0.39, 0.29) is 24.0 Å². The van der Waals surface area contributed by atoms with E-state index in [1.165, 1.54) is 10.3 Å². The zero-order valence-electron chi connectivity index (χ0n) is 17.7. The predicted molar refractivity (Wildman–Crippen MR) is 119 cm³/mol. The Hall–Kier alpha value is -2.35. The first-order valence-electron chi connectivity index (χ1n) is 10.9. The van der Waals surface area contributed by atoms with Crippen molar-refractivity contribution in [3.8, 4) is 0 Å². The van der Waals surface area contributed by atoms with E-state index in [0.29, 0.717) is 26.2 Å². The van der Waals surface area contributed by atoms with Crippen molar-refractivity contribution < 1.29 is 14.3 Å². The SMILES string of the molecule is CCOC(=O)N1CCC(NC(=O)C2CCCN(c3nc4ccc(C)cc4s3)C2)CC1. The Morgan fingerprint density at radius 2 is 2.03 bits per heavy atom. The van der Waals surface area contributed by atoms with Gasteiger partial charge in [-0.3, -0.25) is 4.79 Å². The van der Waals surface area contributed by atoms with E-state index in [2.05, 4.69) is 35.3 Å². The highest BCUT2D eigenvalue weighted by Crippen LogP contribution is 2.32. The number of benzene rings is 1. The van der Waals surface area contributed by atoms with Crippen molar-refractivity contribution >= 4 is 38.7 Å². The van der Waals surface area contributed by atoms with Gasteiger partial charge in [-0.25, -0.2) is 9.78 Å². The number of carbonyl (C=O) groups excluding carboxylic acids is 2. The van der Waals surface area contributed by atoms with E-state index in [1.807, 2.05) is 6.92 Å². The van der Waals surface area contributed by atoms with Gasteiger partial charge in [-0.2, -0.15) is 0 Å². The molecule has 30 heavy (non-hydrogen) atoms. The smallest absolute Gasteiger partial charge is 0.409 e. The number of aromatic nitrogens is 1. The van der Waals surface area contributed by atoms with E-state index < -0.39 is 0 Å². The van der Waals surface area contributed by atoms with Crippen LogP contribution < -0.4 is 10.2 Å². The molecule has 2 aliphatic rings. The van der Waals surface area contributed by atoms with Gasteiger partial charge >= 0.3 is 6.09 Å². The molecule has 4 rings (SSSR count). The molecular formula is C22H30N4O3S. The molecule has 2 fully saturated rings. The van der Waals surface area contributed by atoms with Gasteiger partial charge in [0.05, 0.1) is 22.7 Å². The molecule has 0 spiro atoms. The standard InChI is InChI=1S/C22H30N4O3S/c1-3-29-22(28)25-11-8-17(9-12-25)23-20(27)16-5-4-10-26(14-16)21-24-18-7-6-15(2)13-19(18)30-21/h6-7,13,16-17H,3-5,8-12,14H2,1-2H3,(H,23,27). The van der Waals surface area contributed by atoms with E-state index in [9.17, 15) is 9.59 Å². The van der Waals surface area contributed by atoms with Crippen LogP contribution in [0.3, 0.4) is 0 Å². The number of rotatable bonds is 4. The fourth-order valence-corrected chi connectivity index (χ4v) is 5.36. The molecule has 3 heterocycles. The number of nitrogens with one attached hydrogen (secondary N) is 1. The van der Waals surface area contributed by atoms with Crippen LogP contribution in [-0.2, 0) is 9.53 Å². The summed E-state index contributed by atoms with van der Waals surface area (Å²) in [5.41, 5.74) is 2.27. The first kappa shape index (κ1) is 20.9. The molecule has 7 nitrogen and oxygen atoms in total. The Labute approximate surface area is 181 Å². The number of thiazole rings is 1. The molecule has 1 unspecified atom stereocenters. The van der Waals surface area contributed by atoms with Gasteiger partial charge in [-0.15, -0.1) is 0 Å². The topological polar surface area (TPSA) is 74.8 Å². The molecule has 1 aromatic heterocycles. The minimum Gasteiger partial charge on any atom is -0.450 e. The average Bonchev–Trinajstić information content (AvgIpc) is 3.18. The molecule has 0 radical (unpaired) electrons. The van der Waals surface area contributed by atoms with Gasteiger partial charge in [0.1, 0.15) is 0 Å². The zero-order valence-corrected chi connectivity index (χ0v) is 18.5. The third-order valence-electron chi connectivity index (χ3n) is 5.96. The van der Waals surface area contributed by atoms with Crippen LogP contribution in [0.5, 0.6) is 0 Å². The Bertz CT molecular complexity index is 907. The van der Waals surface area contributed by atoms with Gasteiger partial charge in [0.15, 0.2) is 5.13 Å². The molecule has 2 aliphatic heterocycles. The van der Waals surface area contributed by atoms with Crippen LogP contribution in [0.15, 0.2) is 18.2 Å². The molecule has 2 saturated heterocycles. The third-order valence-corrected chi connectivity index (χ3v) is 7.04. The van der Waals surface area contributed by atoms with E-state index in [4.69, 9.17) is 9.72 Å². The van der Waals surface area contributed by atoms with Gasteiger partial charge in [0.25, 0.3) is 0 Å². The number of hydrogen-bond acceptors (Lipinski definition) is 6. The summed E-state index contributed by atoms with van der Waals surface area (Å²) in [6.07, 6.45) is 3.20. The lowest BCUT2D eigenvalue weighted by Crippen LogP contribution is -2.50. The summed E-state index contributed by atoms with van der Waals surface area (Å²) < 4.78 is 6.26. The summed E-state index contributed by atoms with van der Waals surface area (Å²) in [6.45, 7) is 7.22. The first-order valence-corrected chi connectivity index (χ1v) is 11.7. The predicted octanol–water partition coefficient (Wildman–Crippen LogP) is 3.56. The maximum absolute atomic E-state index is 12.9. The number of fused-ring (bicyclic) bond motifs is 1. The number of anilines is 1. The van der Waals surface area contributed by atoms with Crippen molar-refractivity contribution in [1.29, 1.82) is 0 Å². The van der Waals surface area contributed by atoms with Crippen molar-refractivity contribution in [2.75, 3.05) is 37.7 Å². The summed E-state index contributed by atoms with van der Waals surface area (Å²) >= 11 is 1.71. The van der Waals surface area contributed by atoms with E-state index in [0.717, 1.165) is 42.9 Å². The normalized spacial score (nSPS) is 20.4. The lowest BCUT2D eigenvalue weighted by molar-refractivity contribution is -0.126. The van der Waals surface area contributed by atoms with Crippen LogP contribution in [0.2, 0.25) is 0 Å². The summed E-state index contributed by atoms with van der Waals surface area (Å²) in [4.78, 5) is 33.5. The Kier molecular flexibility index (Phi) is 6.41. The Morgan fingerprint density at radius 1 is 1.23 bits per heavy atom. The van der Waals surface area contributed by atoms with Gasteiger partial charge in [0, 0.05) is 32.2 Å². The molecule has 8 heteroatoms. The molecular weight excluding hydrogens is 400 g/mol. The number of piperidine rings is 2. The number of ether oxygens (including phenoxy) is 1. The quantitative estimate of drug-likeness (QED) is 0.803. The van der Waals surface area contributed by atoms with Gasteiger partial charge in [-0.1, -0.05) is 17.4 Å². The molecule has 0 saturated carbocycles. The lowest BCUT2D eigenvalue weighted by Gasteiger charge is -2.35. The summed E-state index contributed by atoms with van der Waals surface area (Å²) in [6, 6.07) is 6.46. The van der Waals surface area contributed by atoms with Crippen molar-refractivity contribution in [2.45, 2.75) is 45.6 Å². The molecule has 1 atom stereocenters.